The van der Waals surface area contributed by atoms with Crippen LogP contribution in [0.4, 0.5) is 0 Å². The van der Waals surface area contributed by atoms with Crippen LogP contribution in [0.3, 0.4) is 0 Å². The van der Waals surface area contributed by atoms with E-state index >= 15 is 0 Å². The molecule has 0 saturated carbocycles. The zero-order valence-electron chi connectivity index (χ0n) is 12.7. The average Bonchev–Trinajstić information content (AvgIpc) is 3.07. The highest BCUT2D eigenvalue weighted by molar-refractivity contribution is 8.26. The summed E-state index contributed by atoms with van der Waals surface area (Å²) in [6.07, 6.45) is 1.23. The Balaban J connectivity index is 1.64. The van der Waals surface area contributed by atoms with Gasteiger partial charge in [-0.2, -0.15) is 11.8 Å². The molecule has 24 heavy (non-hydrogen) atoms. The maximum Gasteiger partial charge on any atom is 0.266 e. The Hall–Kier alpha value is -1.35. The SMILES string of the molecule is O=C(CN1C(=O)/C(=C\c2ccccc2)SC1=S)N[C@@H]1CSC[C@@H]1O. The van der Waals surface area contributed by atoms with E-state index < -0.39 is 6.10 Å². The lowest BCUT2D eigenvalue weighted by molar-refractivity contribution is -0.129. The van der Waals surface area contributed by atoms with Crippen LogP contribution >= 0.6 is 35.7 Å². The summed E-state index contributed by atoms with van der Waals surface area (Å²) in [7, 11) is 0. The standard InChI is InChI=1S/C16H16N2O3S3/c19-12-9-23-8-11(12)17-14(20)7-18-15(21)13(24-16(18)22)6-10-4-2-1-3-5-10/h1-6,11-12,19H,7-9H2,(H,17,20)/b13-6+/t11-,12+/m1/s1. The number of aliphatic hydroxyl groups excluding tert-OH is 1. The van der Waals surface area contributed by atoms with Crippen LogP contribution in [0.5, 0.6) is 0 Å². The molecule has 0 bridgehead atoms. The van der Waals surface area contributed by atoms with Gasteiger partial charge >= 0.3 is 0 Å². The van der Waals surface area contributed by atoms with E-state index in [1.165, 1.54) is 16.7 Å². The van der Waals surface area contributed by atoms with Crippen LogP contribution < -0.4 is 5.32 Å². The van der Waals surface area contributed by atoms with Gasteiger partial charge in [-0.1, -0.05) is 54.3 Å². The molecule has 5 nitrogen and oxygen atoms in total. The predicted octanol–water partition coefficient (Wildman–Crippen LogP) is 1.48. The molecule has 2 amide bonds. The summed E-state index contributed by atoms with van der Waals surface area (Å²) in [6, 6.07) is 9.23. The van der Waals surface area contributed by atoms with Crippen molar-refractivity contribution >= 4 is 58.0 Å². The van der Waals surface area contributed by atoms with E-state index in [-0.39, 0.29) is 24.4 Å². The van der Waals surface area contributed by atoms with Gasteiger partial charge in [-0.3, -0.25) is 14.5 Å². The number of carbonyl (C=O) groups is 2. The van der Waals surface area contributed by atoms with Gasteiger partial charge in [-0.05, 0) is 11.6 Å². The minimum absolute atomic E-state index is 0.120. The van der Waals surface area contributed by atoms with Crippen LogP contribution in [0.2, 0.25) is 0 Å². The Labute approximate surface area is 153 Å². The van der Waals surface area contributed by atoms with Gasteiger partial charge in [0.2, 0.25) is 5.91 Å². The van der Waals surface area contributed by atoms with Gasteiger partial charge in [-0.25, -0.2) is 0 Å². The first-order valence-corrected chi connectivity index (χ1v) is 9.78. The van der Waals surface area contributed by atoms with Crippen molar-refractivity contribution in [3.63, 3.8) is 0 Å². The molecular weight excluding hydrogens is 364 g/mol. The second-order valence-electron chi connectivity index (χ2n) is 5.46. The Bertz CT molecular complexity index is 693. The molecule has 2 N–H and O–H groups in total. The normalized spacial score (nSPS) is 25.5. The minimum atomic E-state index is -0.539. The topological polar surface area (TPSA) is 69.6 Å². The fraction of sp³-hybridized carbons (Fsp3) is 0.312. The van der Waals surface area contributed by atoms with Crippen molar-refractivity contribution in [1.82, 2.24) is 10.2 Å². The van der Waals surface area contributed by atoms with Crippen LogP contribution in [0.15, 0.2) is 35.2 Å². The van der Waals surface area contributed by atoms with Crippen molar-refractivity contribution < 1.29 is 14.7 Å². The Morgan fingerprint density at radius 2 is 2.12 bits per heavy atom. The highest BCUT2D eigenvalue weighted by Crippen LogP contribution is 2.32. The van der Waals surface area contributed by atoms with E-state index in [1.54, 1.807) is 17.8 Å². The summed E-state index contributed by atoms with van der Waals surface area (Å²) in [5.41, 5.74) is 0.911. The Morgan fingerprint density at radius 3 is 2.79 bits per heavy atom. The number of aliphatic hydroxyl groups is 1. The number of nitrogens with zero attached hydrogens (tertiary/aromatic N) is 1. The second-order valence-corrected chi connectivity index (χ2v) is 8.21. The van der Waals surface area contributed by atoms with Gasteiger partial charge in [-0.15, -0.1) is 0 Å². The van der Waals surface area contributed by atoms with Crippen LogP contribution in [-0.4, -0.2) is 56.3 Å². The minimum Gasteiger partial charge on any atom is -0.390 e. The van der Waals surface area contributed by atoms with Crippen LogP contribution in [0, 0.1) is 0 Å². The summed E-state index contributed by atoms with van der Waals surface area (Å²) in [6.45, 7) is -0.120. The van der Waals surface area contributed by atoms with Crippen LogP contribution in [0.25, 0.3) is 6.08 Å². The van der Waals surface area contributed by atoms with Gasteiger partial charge in [0, 0.05) is 11.5 Å². The molecule has 0 radical (unpaired) electrons. The Kier molecular flexibility index (Phi) is 5.60. The van der Waals surface area contributed by atoms with E-state index in [1.807, 2.05) is 30.3 Å². The molecular formula is C16H16N2O3S3. The second kappa shape index (κ2) is 7.69. The number of rotatable bonds is 4. The molecule has 0 aromatic heterocycles. The molecule has 2 heterocycles. The molecule has 0 unspecified atom stereocenters. The number of amides is 2. The lowest BCUT2D eigenvalue weighted by Gasteiger charge is -2.18. The fourth-order valence-corrected chi connectivity index (χ4v) is 4.84. The van der Waals surface area contributed by atoms with Crippen LogP contribution in [-0.2, 0) is 9.59 Å². The first-order chi connectivity index (χ1) is 11.5. The van der Waals surface area contributed by atoms with E-state index in [2.05, 4.69) is 5.32 Å². The van der Waals surface area contributed by atoms with Gasteiger partial charge in [0.25, 0.3) is 5.91 Å². The molecule has 126 valence electrons. The maximum absolute atomic E-state index is 12.5. The van der Waals surface area contributed by atoms with E-state index in [0.29, 0.717) is 20.7 Å². The van der Waals surface area contributed by atoms with Crippen molar-refractivity contribution in [2.24, 2.45) is 0 Å². The lowest BCUT2D eigenvalue weighted by atomic mass is 10.2. The van der Waals surface area contributed by atoms with Gasteiger partial charge in [0.05, 0.1) is 17.1 Å². The lowest BCUT2D eigenvalue weighted by Crippen LogP contribution is -2.47. The fourth-order valence-electron chi connectivity index (χ4n) is 2.41. The van der Waals surface area contributed by atoms with Gasteiger partial charge in [0.1, 0.15) is 10.9 Å². The number of hydrogen-bond acceptors (Lipinski definition) is 6. The summed E-state index contributed by atoms with van der Waals surface area (Å²) in [5.74, 6) is 0.731. The molecule has 8 heteroatoms. The highest BCUT2D eigenvalue weighted by Gasteiger charge is 2.34. The maximum atomic E-state index is 12.5. The summed E-state index contributed by atoms with van der Waals surface area (Å²) in [4.78, 5) is 26.4. The molecule has 2 saturated heterocycles. The molecule has 2 fully saturated rings. The number of benzene rings is 1. The van der Waals surface area contributed by atoms with E-state index in [0.717, 1.165) is 5.56 Å². The third-order valence-corrected chi connectivity index (χ3v) is 6.22. The molecule has 1 aromatic carbocycles. The summed E-state index contributed by atoms with van der Waals surface area (Å²) < 4.78 is 0.374. The monoisotopic (exact) mass is 380 g/mol. The third kappa shape index (κ3) is 4.00. The third-order valence-electron chi connectivity index (χ3n) is 3.67. The molecule has 2 atom stereocenters. The Morgan fingerprint density at radius 1 is 1.38 bits per heavy atom. The van der Waals surface area contributed by atoms with Crippen molar-refractivity contribution in [2.75, 3.05) is 18.1 Å². The molecule has 3 rings (SSSR count). The first-order valence-electron chi connectivity index (χ1n) is 7.40. The zero-order chi connectivity index (χ0) is 17.1. The first kappa shape index (κ1) is 17.5. The summed E-state index contributed by atoms with van der Waals surface area (Å²) >= 11 is 8.02. The average molecular weight is 381 g/mol. The number of carbonyl (C=O) groups excluding carboxylic acids is 2. The van der Waals surface area contributed by atoms with Crippen molar-refractivity contribution in [2.45, 2.75) is 12.1 Å². The van der Waals surface area contributed by atoms with Gasteiger partial charge in [0.15, 0.2) is 0 Å². The van der Waals surface area contributed by atoms with E-state index in [9.17, 15) is 14.7 Å². The van der Waals surface area contributed by atoms with Crippen molar-refractivity contribution in [3.8, 4) is 0 Å². The molecule has 0 spiro atoms. The molecule has 0 aliphatic carbocycles. The number of thiocarbonyl (C=S) groups is 1. The number of hydrogen-bond donors (Lipinski definition) is 2. The molecule has 2 aliphatic heterocycles. The highest BCUT2D eigenvalue weighted by atomic mass is 32.2. The zero-order valence-corrected chi connectivity index (χ0v) is 15.1. The van der Waals surface area contributed by atoms with E-state index in [4.69, 9.17) is 12.2 Å². The molecule has 2 aliphatic rings. The largest absolute Gasteiger partial charge is 0.390 e. The smallest absolute Gasteiger partial charge is 0.266 e. The number of nitrogens with one attached hydrogen (secondary N) is 1. The molecule has 1 aromatic rings. The number of thioether (sulfide) groups is 2. The van der Waals surface area contributed by atoms with Gasteiger partial charge < -0.3 is 10.4 Å². The predicted molar refractivity (Wildman–Crippen MR) is 102 cm³/mol. The summed E-state index contributed by atoms with van der Waals surface area (Å²) in [5, 5.41) is 12.5. The van der Waals surface area contributed by atoms with Crippen molar-refractivity contribution in [1.29, 1.82) is 0 Å². The quantitative estimate of drug-likeness (QED) is 0.609. The van der Waals surface area contributed by atoms with Crippen LogP contribution in [0.1, 0.15) is 5.56 Å². The van der Waals surface area contributed by atoms with Crippen molar-refractivity contribution in [3.05, 3.63) is 40.8 Å².